The van der Waals surface area contributed by atoms with Gasteiger partial charge in [0.1, 0.15) is 0 Å². The Kier molecular flexibility index (Phi) is 4.54. The second-order valence-electron chi connectivity index (χ2n) is 4.73. The van der Waals surface area contributed by atoms with Crippen LogP contribution in [-0.2, 0) is 0 Å². The average Bonchev–Trinajstić information content (AvgIpc) is 2.41. The van der Waals surface area contributed by atoms with Crippen LogP contribution in [0.15, 0.2) is 30.3 Å². The minimum atomic E-state index is 0.102. The van der Waals surface area contributed by atoms with E-state index in [4.69, 9.17) is 5.73 Å². The molecule has 1 aliphatic heterocycles. The zero-order valence-corrected chi connectivity index (χ0v) is 10.3. The highest BCUT2D eigenvalue weighted by Gasteiger charge is 2.28. The third-order valence-corrected chi connectivity index (χ3v) is 3.70. The predicted octanol–water partition coefficient (Wildman–Crippen LogP) is 1.53. The number of hydrogen-bond donors (Lipinski definition) is 2. The number of aliphatic hydroxyl groups excluding tert-OH is 1. The summed E-state index contributed by atoms with van der Waals surface area (Å²) in [5, 5.41) is 9.66. The second-order valence-corrected chi connectivity index (χ2v) is 4.73. The molecule has 0 saturated carbocycles. The summed E-state index contributed by atoms with van der Waals surface area (Å²) in [6.45, 7) is 1.89. The number of nitrogens with two attached hydrogens (primary N) is 1. The van der Waals surface area contributed by atoms with E-state index >= 15 is 0 Å². The Hall–Kier alpha value is -0.900. The van der Waals surface area contributed by atoms with Crippen LogP contribution in [0.2, 0.25) is 0 Å². The quantitative estimate of drug-likeness (QED) is 0.830. The number of aliphatic hydroxyl groups is 1. The lowest BCUT2D eigenvalue weighted by molar-refractivity contribution is 0.0600. The molecule has 0 spiro atoms. The molecule has 1 aliphatic rings. The van der Waals surface area contributed by atoms with Crippen LogP contribution >= 0.6 is 0 Å². The summed E-state index contributed by atoms with van der Waals surface area (Å²) in [6, 6.07) is 10.8. The lowest BCUT2D eigenvalue weighted by Crippen LogP contribution is -2.46. The fourth-order valence-electron chi connectivity index (χ4n) is 2.76. The summed E-state index contributed by atoms with van der Waals surface area (Å²) < 4.78 is 0. The third kappa shape index (κ3) is 2.86. The molecule has 0 aliphatic carbocycles. The molecule has 0 aromatic heterocycles. The van der Waals surface area contributed by atoms with Gasteiger partial charge >= 0.3 is 0 Å². The van der Waals surface area contributed by atoms with Crippen LogP contribution in [0, 0.1) is 0 Å². The van der Waals surface area contributed by atoms with Gasteiger partial charge in [-0.25, -0.2) is 0 Å². The van der Waals surface area contributed by atoms with Gasteiger partial charge in [-0.15, -0.1) is 0 Å². The molecule has 3 nitrogen and oxygen atoms in total. The van der Waals surface area contributed by atoms with Crippen LogP contribution in [0.4, 0.5) is 0 Å². The van der Waals surface area contributed by atoms with Crippen LogP contribution in [0.3, 0.4) is 0 Å². The van der Waals surface area contributed by atoms with Crippen molar-refractivity contribution < 1.29 is 5.11 Å². The molecule has 3 heteroatoms. The van der Waals surface area contributed by atoms with E-state index < -0.39 is 0 Å². The summed E-state index contributed by atoms with van der Waals surface area (Å²) >= 11 is 0. The Morgan fingerprint density at radius 3 is 2.71 bits per heavy atom. The van der Waals surface area contributed by atoms with E-state index in [0.29, 0.717) is 12.6 Å². The molecule has 2 rings (SSSR count). The summed E-state index contributed by atoms with van der Waals surface area (Å²) in [4.78, 5) is 2.37. The first-order valence-electron chi connectivity index (χ1n) is 6.48. The average molecular weight is 234 g/mol. The zero-order valence-electron chi connectivity index (χ0n) is 10.3. The zero-order chi connectivity index (χ0) is 12.1. The molecule has 94 valence electrons. The number of benzene rings is 1. The standard InChI is InChI=1S/C14H22N2O/c15-10-13-8-4-5-9-16(13)14(11-17)12-6-2-1-3-7-12/h1-3,6-7,13-14,17H,4-5,8-11,15H2/t13-,14-/m0/s1. The van der Waals surface area contributed by atoms with Crippen LogP contribution < -0.4 is 5.73 Å². The van der Waals surface area contributed by atoms with Crippen molar-refractivity contribution in [3.05, 3.63) is 35.9 Å². The Labute approximate surface area is 103 Å². The molecule has 0 radical (unpaired) electrons. The van der Waals surface area contributed by atoms with Crippen molar-refractivity contribution in [3.63, 3.8) is 0 Å². The van der Waals surface area contributed by atoms with Gasteiger partial charge < -0.3 is 10.8 Å². The molecule has 1 aromatic rings. The maximum absolute atomic E-state index is 9.66. The minimum absolute atomic E-state index is 0.102. The van der Waals surface area contributed by atoms with E-state index in [1.54, 1.807) is 0 Å². The summed E-state index contributed by atoms with van der Waals surface area (Å²) in [5.41, 5.74) is 7.03. The summed E-state index contributed by atoms with van der Waals surface area (Å²) in [6.07, 6.45) is 3.62. The molecular formula is C14H22N2O. The largest absolute Gasteiger partial charge is 0.394 e. The van der Waals surface area contributed by atoms with Crippen molar-refractivity contribution >= 4 is 0 Å². The van der Waals surface area contributed by atoms with Gasteiger partial charge in [0.25, 0.3) is 0 Å². The predicted molar refractivity (Wildman–Crippen MR) is 69.7 cm³/mol. The van der Waals surface area contributed by atoms with Gasteiger partial charge in [-0.2, -0.15) is 0 Å². The van der Waals surface area contributed by atoms with E-state index in [0.717, 1.165) is 13.0 Å². The van der Waals surface area contributed by atoms with Gasteiger partial charge in [0.15, 0.2) is 0 Å². The van der Waals surface area contributed by atoms with Crippen molar-refractivity contribution in [3.8, 4) is 0 Å². The Morgan fingerprint density at radius 1 is 1.29 bits per heavy atom. The van der Waals surface area contributed by atoms with Crippen LogP contribution in [-0.4, -0.2) is 35.7 Å². The molecule has 2 atom stereocenters. The number of likely N-dealkylation sites (tertiary alicyclic amines) is 1. The topological polar surface area (TPSA) is 49.5 Å². The van der Waals surface area contributed by atoms with Gasteiger partial charge in [0, 0.05) is 12.6 Å². The first-order valence-corrected chi connectivity index (χ1v) is 6.48. The van der Waals surface area contributed by atoms with Gasteiger partial charge in [-0.3, -0.25) is 4.90 Å². The molecule has 0 bridgehead atoms. The smallest absolute Gasteiger partial charge is 0.0628 e. The molecule has 0 amide bonds. The number of piperidine rings is 1. The second kappa shape index (κ2) is 6.15. The highest BCUT2D eigenvalue weighted by atomic mass is 16.3. The first-order chi connectivity index (χ1) is 8.36. The van der Waals surface area contributed by atoms with E-state index in [1.165, 1.54) is 18.4 Å². The molecule has 1 saturated heterocycles. The first kappa shape index (κ1) is 12.6. The number of rotatable bonds is 4. The number of nitrogens with zero attached hydrogens (tertiary/aromatic N) is 1. The highest BCUT2D eigenvalue weighted by molar-refractivity contribution is 5.19. The molecule has 0 unspecified atom stereocenters. The third-order valence-electron chi connectivity index (χ3n) is 3.70. The maximum Gasteiger partial charge on any atom is 0.0628 e. The Morgan fingerprint density at radius 2 is 2.06 bits per heavy atom. The van der Waals surface area contributed by atoms with Gasteiger partial charge in [-0.05, 0) is 24.9 Å². The van der Waals surface area contributed by atoms with E-state index in [9.17, 15) is 5.11 Å². The molecular weight excluding hydrogens is 212 g/mol. The Bertz CT molecular complexity index is 328. The molecule has 1 heterocycles. The fourth-order valence-corrected chi connectivity index (χ4v) is 2.76. The minimum Gasteiger partial charge on any atom is -0.394 e. The normalized spacial score (nSPS) is 23.5. The molecule has 1 aromatic carbocycles. The molecule has 1 fully saturated rings. The van der Waals surface area contributed by atoms with Crippen LogP contribution in [0.5, 0.6) is 0 Å². The van der Waals surface area contributed by atoms with Gasteiger partial charge in [0.2, 0.25) is 0 Å². The van der Waals surface area contributed by atoms with Gasteiger partial charge in [0.05, 0.1) is 12.6 Å². The highest BCUT2D eigenvalue weighted by Crippen LogP contribution is 2.27. The van der Waals surface area contributed by atoms with Crippen molar-refractivity contribution in [2.75, 3.05) is 19.7 Å². The van der Waals surface area contributed by atoms with E-state index in [2.05, 4.69) is 17.0 Å². The molecule has 17 heavy (non-hydrogen) atoms. The maximum atomic E-state index is 9.66. The van der Waals surface area contributed by atoms with Crippen molar-refractivity contribution in [1.82, 2.24) is 4.90 Å². The van der Waals surface area contributed by atoms with Gasteiger partial charge in [-0.1, -0.05) is 36.8 Å². The fraction of sp³-hybridized carbons (Fsp3) is 0.571. The summed E-state index contributed by atoms with van der Waals surface area (Å²) in [7, 11) is 0. The SMILES string of the molecule is NC[C@@H]1CCCCN1[C@@H](CO)c1ccccc1. The lowest BCUT2D eigenvalue weighted by Gasteiger charge is -2.40. The Balaban J connectivity index is 2.16. The van der Waals surface area contributed by atoms with Crippen molar-refractivity contribution in [2.24, 2.45) is 5.73 Å². The number of hydrogen-bond acceptors (Lipinski definition) is 3. The van der Waals surface area contributed by atoms with Crippen LogP contribution in [0.1, 0.15) is 30.9 Å². The molecule has 3 N–H and O–H groups in total. The lowest BCUT2D eigenvalue weighted by atomic mass is 9.96. The van der Waals surface area contributed by atoms with Crippen molar-refractivity contribution in [2.45, 2.75) is 31.3 Å². The van der Waals surface area contributed by atoms with E-state index in [-0.39, 0.29) is 12.6 Å². The monoisotopic (exact) mass is 234 g/mol. The van der Waals surface area contributed by atoms with Crippen LogP contribution in [0.25, 0.3) is 0 Å². The van der Waals surface area contributed by atoms with Crippen molar-refractivity contribution in [1.29, 1.82) is 0 Å². The summed E-state index contributed by atoms with van der Waals surface area (Å²) in [5.74, 6) is 0. The van der Waals surface area contributed by atoms with E-state index in [1.807, 2.05) is 18.2 Å².